The summed E-state index contributed by atoms with van der Waals surface area (Å²) in [7, 11) is -0.286. The third kappa shape index (κ3) is 5.12. The van der Waals surface area contributed by atoms with Crippen LogP contribution >= 0.6 is 0 Å². The largest absolute Gasteiger partial charge is 0.496 e. The number of amides is 1. The van der Waals surface area contributed by atoms with Gasteiger partial charge in [0, 0.05) is 12.6 Å². The summed E-state index contributed by atoms with van der Waals surface area (Å²) in [5, 5.41) is 0. The number of carbonyl (C=O) groups excluding carboxylic acids is 2. The summed E-state index contributed by atoms with van der Waals surface area (Å²) >= 11 is 0. The quantitative estimate of drug-likeness (QED) is 0.607. The zero-order valence-corrected chi connectivity index (χ0v) is 16.6. The molecule has 0 N–H and O–H groups in total. The maximum absolute atomic E-state index is 12.6. The van der Waals surface area contributed by atoms with Crippen LogP contribution in [0.3, 0.4) is 0 Å². The van der Waals surface area contributed by atoms with Gasteiger partial charge in [-0.25, -0.2) is 13.2 Å². The highest BCUT2D eigenvalue weighted by molar-refractivity contribution is 7.91. The van der Waals surface area contributed by atoms with Gasteiger partial charge in [0.1, 0.15) is 17.1 Å². The van der Waals surface area contributed by atoms with Crippen LogP contribution < -0.4 is 9.47 Å². The first-order valence-electron chi connectivity index (χ1n) is 8.71. The number of hydrogen-bond donors (Lipinski definition) is 0. The van der Waals surface area contributed by atoms with E-state index >= 15 is 0 Å². The van der Waals surface area contributed by atoms with E-state index in [4.69, 9.17) is 14.2 Å². The summed E-state index contributed by atoms with van der Waals surface area (Å²) in [6.07, 6.45) is 1.08. The minimum absolute atomic E-state index is 0.0486. The van der Waals surface area contributed by atoms with E-state index in [1.54, 1.807) is 18.2 Å². The highest BCUT2D eigenvalue weighted by Crippen LogP contribution is 2.29. The van der Waals surface area contributed by atoms with Gasteiger partial charge in [0.05, 0.1) is 25.7 Å². The topological polar surface area (TPSA) is 99.2 Å². The number of benzene rings is 1. The first kappa shape index (κ1) is 21.0. The molecular formula is C18H25NO7S. The molecule has 1 atom stereocenters. The summed E-state index contributed by atoms with van der Waals surface area (Å²) < 4.78 is 38.9. The summed E-state index contributed by atoms with van der Waals surface area (Å²) in [5.41, 5.74) is 0.0979. The second-order valence-electron chi connectivity index (χ2n) is 6.26. The average molecular weight is 399 g/mol. The van der Waals surface area contributed by atoms with Gasteiger partial charge in [-0.2, -0.15) is 0 Å². The van der Waals surface area contributed by atoms with Gasteiger partial charge >= 0.3 is 5.97 Å². The molecule has 1 saturated heterocycles. The van der Waals surface area contributed by atoms with Gasteiger partial charge in [-0.1, -0.05) is 13.0 Å². The predicted molar refractivity (Wildman–Crippen MR) is 98.9 cm³/mol. The summed E-state index contributed by atoms with van der Waals surface area (Å²) in [6.45, 7) is 1.83. The van der Waals surface area contributed by atoms with Crippen molar-refractivity contribution in [1.82, 2.24) is 4.90 Å². The lowest BCUT2D eigenvalue weighted by Gasteiger charge is -2.27. The zero-order valence-electron chi connectivity index (χ0n) is 15.8. The van der Waals surface area contributed by atoms with E-state index in [-0.39, 0.29) is 34.6 Å². The Bertz CT molecular complexity index is 769. The molecular weight excluding hydrogens is 374 g/mol. The lowest BCUT2D eigenvalue weighted by molar-refractivity contribution is -0.136. The molecule has 1 heterocycles. The fourth-order valence-electron chi connectivity index (χ4n) is 3.11. The molecule has 0 aliphatic carbocycles. The Morgan fingerprint density at radius 1 is 1.19 bits per heavy atom. The van der Waals surface area contributed by atoms with Crippen LogP contribution in [0.1, 0.15) is 30.1 Å². The average Bonchev–Trinajstić information content (AvgIpc) is 3.02. The molecule has 1 aromatic rings. The molecule has 1 aliphatic rings. The normalized spacial score (nSPS) is 18.0. The Hall–Kier alpha value is -2.29. The number of methoxy groups -OCH3 is 2. The Balaban J connectivity index is 2.08. The van der Waals surface area contributed by atoms with Gasteiger partial charge in [0.25, 0.3) is 5.91 Å². The molecule has 9 heteroatoms. The Kier molecular flexibility index (Phi) is 7.06. The molecule has 1 fully saturated rings. The summed E-state index contributed by atoms with van der Waals surface area (Å²) in [4.78, 5) is 26.5. The molecule has 27 heavy (non-hydrogen) atoms. The van der Waals surface area contributed by atoms with Crippen LogP contribution in [0.15, 0.2) is 18.2 Å². The number of nitrogens with zero attached hydrogens (tertiary/aromatic N) is 1. The molecule has 1 aromatic carbocycles. The number of ether oxygens (including phenoxy) is 3. The maximum Gasteiger partial charge on any atom is 0.346 e. The third-order valence-electron chi connectivity index (χ3n) is 4.39. The second-order valence-corrected chi connectivity index (χ2v) is 8.49. The fourth-order valence-corrected chi connectivity index (χ4v) is 4.84. The van der Waals surface area contributed by atoms with Gasteiger partial charge in [-0.15, -0.1) is 0 Å². The van der Waals surface area contributed by atoms with Crippen molar-refractivity contribution in [3.63, 3.8) is 0 Å². The lowest BCUT2D eigenvalue weighted by Crippen LogP contribution is -2.43. The lowest BCUT2D eigenvalue weighted by atomic mass is 10.2. The van der Waals surface area contributed by atoms with Crippen molar-refractivity contribution in [3.05, 3.63) is 23.8 Å². The number of sulfone groups is 1. The van der Waals surface area contributed by atoms with E-state index in [1.165, 1.54) is 19.1 Å². The van der Waals surface area contributed by atoms with Crippen LogP contribution in [0.2, 0.25) is 0 Å². The highest BCUT2D eigenvalue weighted by Gasteiger charge is 2.34. The predicted octanol–water partition coefficient (Wildman–Crippen LogP) is 1.29. The van der Waals surface area contributed by atoms with E-state index in [9.17, 15) is 18.0 Å². The Labute approximate surface area is 159 Å². The van der Waals surface area contributed by atoms with Crippen molar-refractivity contribution in [2.75, 3.05) is 38.9 Å². The number of carbonyl (C=O) groups is 2. The summed E-state index contributed by atoms with van der Waals surface area (Å²) in [5.74, 6) is -0.580. The van der Waals surface area contributed by atoms with Gasteiger partial charge < -0.3 is 19.1 Å². The molecule has 1 amide bonds. The van der Waals surface area contributed by atoms with Gasteiger partial charge in [-0.05, 0) is 25.0 Å². The molecule has 150 valence electrons. The van der Waals surface area contributed by atoms with E-state index in [1.807, 2.05) is 6.92 Å². The maximum atomic E-state index is 12.6. The van der Waals surface area contributed by atoms with Crippen molar-refractivity contribution in [1.29, 1.82) is 0 Å². The molecule has 0 unspecified atom stereocenters. The molecule has 0 bridgehead atoms. The number of esters is 1. The first-order chi connectivity index (χ1) is 12.8. The van der Waals surface area contributed by atoms with E-state index < -0.39 is 28.3 Å². The molecule has 0 saturated carbocycles. The van der Waals surface area contributed by atoms with Crippen LogP contribution in [0.25, 0.3) is 0 Å². The van der Waals surface area contributed by atoms with Gasteiger partial charge in [0.15, 0.2) is 16.4 Å². The molecule has 0 spiro atoms. The molecule has 8 nitrogen and oxygen atoms in total. The van der Waals surface area contributed by atoms with Crippen molar-refractivity contribution >= 4 is 21.7 Å². The smallest absolute Gasteiger partial charge is 0.346 e. The Morgan fingerprint density at radius 2 is 1.81 bits per heavy atom. The monoisotopic (exact) mass is 399 g/mol. The number of hydrogen-bond acceptors (Lipinski definition) is 7. The highest BCUT2D eigenvalue weighted by atomic mass is 32.2. The molecule has 0 aromatic heterocycles. The first-order valence-corrected chi connectivity index (χ1v) is 10.5. The van der Waals surface area contributed by atoms with Crippen LogP contribution in [0.4, 0.5) is 0 Å². The van der Waals surface area contributed by atoms with Crippen molar-refractivity contribution in [2.45, 2.75) is 25.8 Å². The van der Waals surface area contributed by atoms with Crippen LogP contribution in [0, 0.1) is 0 Å². The SMILES string of the molecule is CCCN(C(=O)COC(=O)c1c(OC)cccc1OC)[C@@H]1CCS(=O)(=O)C1. The van der Waals surface area contributed by atoms with Gasteiger partial charge in [-0.3, -0.25) is 4.79 Å². The summed E-state index contributed by atoms with van der Waals surface area (Å²) in [6, 6.07) is 4.48. The van der Waals surface area contributed by atoms with Gasteiger partial charge in [0.2, 0.25) is 0 Å². The minimum atomic E-state index is -3.12. The molecule has 0 radical (unpaired) electrons. The Morgan fingerprint density at radius 3 is 2.30 bits per heavy atom. The standard InChI is InChI=1S/C18H25NO7S/c1-4-9-19(13-8-10-27(22,23)12-13)16(20)11-26-18(21)17-14(24-2)6-5-7-15(17)25-3/h5-7,13H,4,8-12H2,1-3H3/t13-/m1/s1. The van der Waals surface area contributed by atoms with E-state index in [0.717, 1.165) is 0 Å². The van der Waals surface area contributed by atoms with Crippen LogP contribution in [-0.4, -0.2) is 70.1 Å². The van der Waals surface area contributed by atoms with Crippen molar-refractivity contribution in [3.8, 4) is 11.5 Å². The fraction of sp³-hybridized carbons (Fsp3) is 0.556. The third-order valence-corrected chi connectivity index (χ3v) is 6.14. The van der Waals surface area contributed by atoms with Crippen molar-refractivity contribution in [2.24, 2.45) is 0 Å². The molecule has 1 aliphatic heterocycles. The minimum Gasteiger partial charge on any atom is -0.496 e. The van der Waals surface area contributed by atoms with E-state index in [0.29, 0.717) is 19.4 Å². The molecule has 2 rings (SSSR count). The van der Waals surface area contributed by atoms with Crippen molar-refractivity contribution < 1.29 is 32.2 Å². The van der Waals surface area contributed by atoms with Crippen LogP contribution in [-0.2, 0) is 19.4 Å². The second kappa shape index (κ2) is 9.07. The van der Waals surface area contributed by atoms with E-state index in [2.05, 4.69) is 0 Å². The van der Waals surface area contributed by atoms with Crippen LogP contribution in [0.5, 0.6) is 11.5 Å². The number of rotatable bonds is 8. The zero-order chi connectivity index (χ0) is 20.0.